The zero-order valence-corrected chi connectivity index (χ0v) is 10.7. The molecule has 0 aliphatic heterocycles. The molecule has 0 heterocycles. The largest absolute Gasteiger partial charge is 0.478 e. The molecule has 0 atom stereocenters. The molecule has 5 N–H and O–H groups in total. The van der Waals surface area contributed by atoms with Gasteiger partial charge in [-0.1, -0.05) is 26.2 Å². The Morgan fingerprint density at radius 2 is 1.38 bits per heavy atom. The highest BCUT2D eigenvalue weighted by Gasteiger charge is 2.27. The fourth-order valence-electron chi connectivity index (χ4n) is 0.677. The Morgan fingerprint density at radius 3 is 1.56 bits per heavy atom. The van der Waals surface area contributed by atoms with E-state index in [1.54, 1.807) is 0 Å². The van der Waals surface area contributed by atoms with Crippen molar-refractivity contribution in [3.05, 3.63) is 0 Å². The highest BCUT2D eigenvalue weighted by Crippen LogP contribution is 2.53. The van der Waals surface area contributed by atoms with Crippen LogP contribution in [0.5, 0.6) is 0 Å². The highest BCUT2D eigenvalue weighted by atomic mass is 31.3. The van der Waals surface area contributed by atoms with E-state index in [1.807, 2.05) is 0 Å². The first-order chi connectivity index (χ1) is 7.12. The zero-order chi connectivity index (χ0) is 13.2. The topological polar surface area (TPSA) is 145 Å². The van der Waals surface area contributed by atoms with E-state index in [9.17, 15) is 9.13 Å². The first-order valence-corrected chi connectivity index (χ1v) is 7.61. The van der Waals surface area contributed by atoms with Gasteiger partial charge in [0.1, 0.15) is 0 Å². The van der Waals surface area contributed by atoms with Crippen LogP contribution < -0.4 is 0 Å². The lowest BCUT2D eigenvalue weighted by molar-refractivity contribution is 0.225. The van der Waals surface area contributed by atoms with E-state index >= 15 is 0 Å². The molecule has 0 saturated heterocycles. The van der Waals surface area contributed by atoms with Gasteiger partial charge in [-0.3, -0.25) is 0 Å². The van der Waals surface area contributed by atoms with Crippen molar-refractivity contribution in [3.8, 4) is 0 Å². The average molecular weight is 280 g/mol. The molecule has 0 aliphatic carbocycles. The number of phosphoric acid groups is 2. The van der Waals surface area contributed by atoms with E-state index in [-0.39, 0.29) is 0 Å². The number of rotatable bonds is 6. The molecule has 0 radical (unpaired) electrons. The van der Waals surface area contributed by atoms with E-state index in [0.29, 0.717) is 6.61 Å². The number of aliphatic hydroxyl groups is 1. The third-order valence-corrected chi connectivity index (χ3v) is 2.93. The van der Waals surface area contributed by atoms with E-state index in [0.717, 1.165) is 6.42 Å². The third-order valence-electron chi connectivity index (χ3n) is 1.22. The van der Waals surface area contributed by atoms with Crippen LogP contribution >= 0.6 is 15.6 Å². The summed E-state index contributed by atoms with van der Waals surface area (Å²) in [4.78, 5) is 31.0. The molecule has 10 heteroatoms. The number of hydrogen-bond donors (Lipinski definition) is 5. The molecule has 0 aromatic rings. The van der Waals surface area contributed by atoms with E-state index in [1.165, 1.54) is 19.3 Å². The van der Waals surface area contributed by atoms with E-state index < -0.39 is 15.6 Å². The molecule has 0 aromatic carbocycles. The Bertz CT molecular complexity index is 219. The molecule has 0 fully saturated rings. The van der Waals surface area contributed by atoms with Crippen LogP contribution in [0.1, 0.15) is 32.6 Å². The Kier molecular flexibility index (Phi) is 10.8. The maximum atomic E-state index is 9.63. The van der Waals surface area contributed by atoms with Crippen LogP contribution in [0, 0.1) is 0 Å². The van der Waals surface area contributed by atoms with Gasteiger partial charge in [-0.15, -0.1) is 0 Å². The summed E-state index contributed by atoms with van der Waals surface area (Å²) in [5.74, 6) is 0. The van der Waals surface area contributed by atoms with Crippen LogP contribution in [0.3, 0.4) is 0 Å². The molecule has 0 saturated carbocycles. The molecule has 100 valence electrons. The lowest BCUT2D eigenvalue weighted by Crippen LogP contribution is -1.84. The molecule has 16 heavy (non-hydrogen) atoms. The molecule has 8 nitrogen and oxygen atoms in total. The van der Waals surface area contributed by atoms with Crippen molar-refractivity contribution in [1.29, 1.82) is 0 Å². The van der Waals surface area contributed by atoms with Crippen molar-refractivity contribution in [2.75, 3.05) is 6.61 Å². The molecule has 0 aliphatic rings. The Balaban J connectivity index is 0. The summed E-state index contributed by atoms with van der Waals surface area (Å²) in [5, 5.41) is 8.29. The normalized spacial score (nSPS) is 11.9. The molecular formula is C6H18O8P2. The monoisotopic (exact) mass is 280 g/mol. The van der Waals surface area contributed by atoms with Gasteiger partial charge >= 0.3 is 15.6 Å². The van der Waals surface area contributed by atoms with Gasteiger partial charge in [0.25, 0.3) is 0 Å². The van der Waals surface area contributed by atoms with Crippen LogP contribution in [0.4, 0.5) is 0 Å². The summed E-state index contributed by atoms with van der Waals surface area (Å²) >= 11 is 0. The van der Waals surface area contributed by atoms with Crippen LogP contribution in [0.15, 0.2) is 0 Å². The van der Waals surface area contributed by atoms with Crippen LogP contribution in [-0.4, -0.2) is 31.3 Å². The van der Waals surface area contributed by atoms with Gasteiger partial charge in [-0.05, 0) is 6.42 Å². The summed E-state index contributed by atoms with van der Waals surface area (Å²) in [7, 11) is -10.1. The van der Waals surface area contributed by atoms with Gasteiger partial charge in [-0.2, -0.15) is 4.31 Å². The summed E-state index contributed by atoms with van der Waals surface area (Å²) in [6.07, 6.45) is 4.68. The van der Waals surface area contributed by atoms with Crippen molar-refractivity contribution in [1.82, 2.24) is 0 Å². The van der Waals surface area contributed by atoms with Crippen molar-refractivity contribution in [3.63, 3.8) is 0 Å². The molecule has 0 bridgehead atoms. The summed E-state index contributed by atoms with van der Waals surface area (Å²) in [6.45, 7) is 2.53. The number of hydrogen-bond acceptors (Lipinski definition) is 4. The molecule has 0 unspecified atom stereocenters. The predicted molar refractivity (Wildman–Crippen MR) is 56.4 cm³/mol. The Labute approximate surface area is 93.8 Å². The highest BCUT2D eigenvalue weighted by molar-refractivity contribution is 7.60. The van der Waals surface area contributed by atoms with Gasteiger partial charge in [-0.25, -0.2) is 9.13 Å². The predicted octanol–water partition coefficient (Wildman–Crippen LogP) is 0.747. The van der Waals surface area contributed by atoms with Gasteiger partial charge in [0.15, 0.2) is 0 Å². The fourth-order valence-corrected chi connectivity index (χ4v) is 1.79. The standard InChI is InChI=1S/C6H14O.H4O7P2/c1-2-3-4-5-6-7;1-8(2,3)7-9(4,5)6/h7H,2-6H2,1H3;(H2,1,2,3)(H2,4,5,6). The first kappa shape index (κ1) is 18.6. The zero-order valence-electron chi connectivity index (χ0n) is 8.89. The van der Waals surface area contributed by atoms with Gasteiger partial charge in [0, 0.05) is 6.61 Å². The van der Waals surface area contributed by atoms with Crippen LogP contribution in [0.2, 0.25) is 0 Å². The quantitative estimate of drug-likeness (QED) is 0.354. The maximum Gasteiger partial charge on any atom is 0.478 e. The van der Waals surface area contributed by atoms with Crippen molar-refractivity contribution >= 4 is 15.6 Å². The third kappa shape index (κ3) is 23.8. The maximum absolute atomic E-state index is 9.63. The number of aliphatic hydroxyl groups excluding tert-OH is 1. The van der Waals surface area contributed by atoms with Gasteiger partial charge in [0.2, 0.25) is 0 Å². The smallest absolute Gasteiger partial charge is 0.396 e. The Hall–Kier alpha value is 0.220. The summed E-state index contributed by atoms with van der Waals surface area (Å²) < 4.78 is 22.2. The molecule has 0 spiro atoms. The van der Waals surface area contributed by atoms with Crippen LogP contribution in [-0.2, 0) is 13.4 Å². The van der Waals surface area contributed by atoms with E-state index in [2.05, 4.69) is 11.2 Å². The second-order valence-corrected chi connectivity index (χ2v) is 5.46. The minimum atomic E-state index is -5.05. The number of unbranched alkanes of at least 4 members (excludes halogenated alkanes) is 3. The lowest BCUT2D eigenvalue weighted by Gasteiger charge is -2.03. The van der Waals surface area contributed by atoms with Crippen LogP contribution in [0.25, 0.3) is 0 Å². The minimum absolute atomic E-state index is 0.361. The molecule has 0 aromatic heterocycles. The second kappa shape index (κ2) is 9.27. The lowest BCUT2D eigenvalue weighted by atomic mass is 10.2. The molecule has 0 rings (SSSR count). The Morgan fingerprint density at radius 1 is 0.938 bits per heavy atom. The van der Waals surface area contributed by atoms with Gasteiger partial charge < -0.3 is 24.7 Å². The molecular weight excluding hydrogens is 262 g/mol. The fraction of sp³-hybridized carbons (Fsp3) is 1.00. The summed E-state index contributed by atoms with van der Waals surface area (Å²) in [5.41, 5.74) is 0. The first-order valence-electron chi connectivity index (χ1n) is 4.55. The van der Waals surface area contributed by atoms with Crippen molar-refractivity contribution in [2.24, 2.45) is 0 Å². The van der Waals surface area contributed by atoms with E-state index in [4.69, 9.17) is 24.7 Å². The molecule has 0 amide bonds. The van der Waals surface area contributed by atoms with Gasteiger partial charge in [0.05, 0.1) is 0 Å². The average Bonchev–Trinajstić information content (AvgIpc) is 1.99. The van der Waals surface area contributed by atoms with Crippen molar-refractivity contribution < 1.29 is 38.1 Å². The summed E-state index contributed by atoms with van der Waals surface area (Å²) in [6, 6.07) is 0. The van der Waals surface area contributed by atoms with Crippen molar-refractivity contribution in [2.45, 2.75) is 32.6 Å². The minimum Gasteiger partial charge on any atom is -0.396 e. The SMILES string of the molecule is CCCCCCO.O=P(O)(O)OP(=O)(O)O. The second-order valence-electron chi connectivity index (χ2n) is 2.85.